The van der Waals surface area contributed by atoms with Crippen LogP contribution in [0.5, 0.6) is 5.75 Å². The number of phenolic OH excluding ortho intramolecular Hbond substituents is 1. The third-order valence-corrected chi connectivity index (χ3v) is 3.33. The van der Waals surface area contributed by atoms with Gasteiger partial charge in [0.1, 0.15) is 5.75 Å². The Morgan fingerprint density at radius 2 is 1.83 bits per heavy atom. The first kappa shape index (κ1) is 16.5. The Morgan fingerprint density at radius 3 is 2.52 bits per heavy atom. The maximum absolute atomic E-state index is 11.8. The van der Waals surface area contributed by atoms with Crippen molar-refractivity contribution in [2.24, 2.45) is 0 Å². The molecule has 2 amide bonds. The molecule has 2 rings (SSSR count). The first-order valence-corrected chi connectivity index (χ1v) is 7.49. The third kappa shape index (κ3) is 5.14. The summed E-state index contributed by atoms with van der Waals surface area (Å²) in [7, 11) is 0. The molecule has 0 heterocycles. The van der Waals surface area contributed by atoms with E-state index in [1.165, 1.54) is 0 Å². The minimum atomic E-state index is -0.196. The molecule has 0 atom stereocenters. The molecule has 5 nitrogen and oxygen atoms in total. The van der Waals surface area contributed by atoms with Crippen molar-refractivity contribution in [3.05, 3.63) is 59.7 Å². The molecule has 0 spiro atoms. The van der Waals surface area contributed by atoms with E-state index in [2.05, 4.69) is 10.6 Å². The average Bonchev–Trinajstić information content (AvgIpc) is 2.55. The summed E-state index contributed by atoms with van der Waals surface area (Å²) in [6, 6.07) is 14.0. The number of nitrogens with one attached hydrogen (secondary N) is 2. The Labute approximate surface area is 135 Å². The van der Waals surface area contributed by atoms with Gasteiger partial charge in [0.05, 0.1) is 5.69 Å². The number of hydrogen-bond acceptors (Lipinski definition) is 3. The predicted molar refractivity (Wildman–Crippen MR) is 89.5 cm³/mol. The number of benzene rings is 2. The van der Waals surface area contributed by atoms with Crippen LogP contribution in [0, 0.1) is 6.92 Å². The van der Waals surface area contributed by atoms with Gasteiger partial charge in [-0.2, -0.15) is 0 Å². The fourth-order valence-corrected chi connectivity index (χ4v) is 2.10. The summed E-state index contributed by atoms with van der Waals surface area (Å²) in [4.78, 5) is 23.6. The Bertz CT molecular complexity index is 684. The highest BCUT2D eigenvalue weighted by atomic mass is 16.3. The van der Waals surface area contributed by atoms with Gasteiger partial charge in [0.2, 0.25) is 5.91 Å². The predicted octanol–water partition coefficient (Wildman–Crippen LogP) is 2.85. The molecule has 5 heteroatoms. The van der Waals surface area contributed by atoms with Crippen LogP contribution in [-0.2, 0) is 4.79 Å². The molecule has 120 valence electrons. The lowest BCUT2D eigenvalue weighted by Gasteiger charge is -2.08. The minimum Gasteiger partial charge on any atom is -0.506 e. The van der Waals surface area contributed by atoms with E-state index in [9.17, 15) is 14.7 Å². The van der Waals surface area contributed by atoms with Gasteiger partial charge in [0.25, 0.3) is 5.91 Å². The number of aryl methyl sites for hydroxylation is 1. The van der Waals surface area contributed by atoms with Crippen LogP contribution in [-0.4, -0.2) is 23.5 Å². The van der Waals surface area contributed by atoms with E-state index < -0.39 is 0 Å². The SMILES string of the molecule is Cc1ccc(NC(=O)CCCNC(=O)c2ccccc2)c(O)c1. The highest BCUT2D eigenvalue weighted by Crippen LogP contribution is 2.23. The molecule has 2 aromatic rings. The molecule has 0 unspecified atom stereocenters. The van der Waals surface area contributed by atoms with Crippen molar-refractivity contribution < 1.29 is 14.7 Å². The van der Waals surface area contributed by atoms with Crippen LogP contribution in [0.15, 0.2) is 48.5 Å². The quantitative estimate of drug-likeness (QED) is 0.567. The van der Waals surface area contributed by atoms with Crippen LogP contribution in [0.4, 0.5) is 5.69 Å². The van der Waals surface area contributed by atoms with Gasteiger partial charge < -0.3 is 15.7 Å². The summed E-state index contributed by atoms with van der Waals surface area (Å²) in [6.45, 7) is 2.28. The zero-order chi connectivity index (χ0) is 16.7. The van der Waals surface area contributed by atoms with Crippen LogP contribution >= 0.6 is 0 Å². The van der Waals surface area contributed by atoms with E-state index in [1.807, 2.05) is 19.1 Å². The molecule has 0 radical (unpaired) electrons. The van der Waals surface area contributed by atoms with Crippen LogP contribution in [0.3, 0.4) is 0 Å². The van der Waals surface area contributed by atoms with Gasteiger partial charge in [-0.05, 0) is 43.2 Å². The Kier molecular flexibility index (Phi) is 5.74. The number of anilines is 1. The average molecular weight is 312 g/mol. The summed E-state index contributed by atoms with van der Waals surface area (Å²) in [5, 5.41) is 15.2. The highest BCUT2D eigenvalue weighted by molar-refractivity contribution is 5.94. The van der Waals surface area contributed by atoms with Crippen LogP contribution < -0.4 is 10.6 Å². The lowest BCUT2D eigenvalue weighted by molar-refractivity contribution is -0.116. The minimum absolute atomic E-state index is 0.0516. The molecular weight excluding hydrogens is 292 g/mol. The zero-order valence-corrected chi connectivity index (χ0v) is 13.0. The van der Waals surface area contributed by atoms with Crippen molar-refractivity contribution in [3.8, 4) is 5.75 Å². The summed E-state index contributed by atoms with van der Waals surface area (Å²) in [6.07, 6.45) is 0.791. The number of phenols is 1. The van der Waals surface area contributed by atoms with Crippen LogP contribution in [0.1, 0.15) is 28.8 Å². The molecule has 0 saturated heterocycles. The molecule has 23 heavy (non-hydrogen) atoms. The van der Waals surface area contributed by atoms with Crippen molar-refractivity contribution in [1.82, 2.24) is 5.32 Å². The smallest absolute Gasteiger partial charge is 0.251 e. The van der Waals surface area contributed by atoms with Crippen LogP contribution in [0.25, 0.3) is 0 Å². The summed E-state index contributed by atoms with van der Waals surface area (Å²) >= 11 is 0. The van der Waals surface area contributed by atoms with E-state index in [0.29, 0.717) is 24.2 Å². The van der Waals surface area contributed by atoms with Gasteiger partial charge in [0.15, 0.2) is 0 Å². The standard InChI is InChI=1S/C18H20N2O3/c1-13-9-10-15(16(21)12-13)20-17(22)8-5-11-19-18(23)14-6-3-2-4-7-14/h2-4,6-7,9-10,12,21H,5,8,11H2,1H3,(H,19,23)(H,20,22). The van der Waals surface area contributed by atoms with E-state index in [-0.39, 0.29) is 24.0 Å². The number of amides is 2. The molecule has 0 saturated carbocycles. The second kappa shape index (κ2) is 7.98. The fraction of sp³-hybridized carbons (Fsp3) is 0.222. The lowest BCUT2D eigenvalue weighted by Crippen LogP contribution is -2.25. The molecule has 0 aliphatic heterocycles. The Morgan fingerprint density at radius 1 is 1.09 bits per heavy atom. The van der Waals surface area contributed by atoms with Gasteiger partial charge in [-0.15, -0.1) is 0 Å². The molecule has 0 aromatic heterocycles. The molecule has 0 aliphatic carbocycles. The van der Waals surface area contributed by atoms with Gasteiger partial charge in [-0.3, -0.25) is 9.59 Å². The van der Waals surface area contributed by atoms with E-state index >= 15 is 0 Å². The second-order valence-electron chi connectivity index (χ2n) is 5.29. The summed E-state index contributed by atoms with van der Waals surface area (Å²) in [5.41, 5.74) is 1.92. The van der Waals surface area contributed by atoms with Gasteiger partial charge in [-0.1, -0.05) is 24.3 Å². The number of aromatic hydroxyl groups is 1. The number of rotatable bonds is 6. The Hall–Kier alpha value is -2.82. The van der Waals surface area contributed by atoms with Crippen LogP contribution in [0.2, 0.25) is 0 Å². The van der Waals surface area contributed by atoms with Crippen molar-refractivity contribution in [2.45, 2.75) is 19.8 Å². The molecule has 2 aromatic carbocycles. The number of carbonyl (C=O) groups is 2. The topological polar surface area (TPSA) is 78.4 Å². The normalized spacial score (nSPS) is 10.1. The van der Waals surface area contributed by atoms with Crippen molar-refractivity contribution in [1.29, 1.82) is 0 Å². The second-order valence-corrected chi connectivity index (χ2v) is 5.29. The van der Waals surface area contributed by atoms with Gasteiger partial charge in [-0.25, -0.2) is 0 Å². The number of carbonyl (C=O) groups excluding carboxylic acids is 2. The first-order valence-electron chi connectivity index (χ1n) is 7.49. The van der Waals surface area contributed by atoms with E-state index in [1.54, 1.807) is 36.4 Å². The maximum Gasteiger partial charge on any atom is 0.251 e. The molecule has 0 aliphatic rings. The number of hydrogen-bond donors (Lipinski definition) is 3. The first-order chi connectivity index (χ1) is 11.1. The zero-order valence-electron chi connectivity index (χ0n) is 13.0. The third-order valence-electron chi connectivity index (χ3n) is 3.33. The summed E-state index contributed by atoms with van der Waals surface area (Å²) < 4.78 is 0. The maximum atomic E-state index is 11.8. The Balaban J connectivity index is 1.72. The fourth-order valence-electron chi connectivity index (χ4n) is 2.10. The van der Waals surface area contributed by atoms with E-state index in [0.717, 1.165) is 5.56 Å². The monoisotopic (exact) mass is 312 g/mol. The summed E-state index contributed by atoms with van der Waals surface area (Å²) in [5.74, 6) is -0.295. The lowest BCUT2D eigenvalue weighted by atomic mass is 10.2. The van der Waals surface area contributed by atoms with Crippen molar-refractivity contribution >= 4 is 17.5 Å². The van der Waals surface area contributed by atoms with E-state index in [4.69, 9.17) is 0 Å². The molecular formula is C18H20N2O3. The molecule has 3 N–H and O–H groups in total. The highest BCUT2D eigenvalue weighted by Gasteiger charge is 2.07. The van der Waals surface area contributed by atoms with Crippen molar-refractivity contribution in [3.63, 3.8) is 0 Å². The van der Waals surface area contributed by atoms with Crippen molar-refractivity contribution in [2.75, 3.05) is 11.9 Å². The molecule has 0 bridgehead atoms. The largest absolute Gasteiger partial charge is 0.506 e. The molecule has 0 fully saturated rings. The van der Waals surface area contributed by atoms with Gasteiger partial charge in [0, 0.05) is 18.5 Å². The van der Waals surface area contributed by atoms with Gasteiger partial charge >= 0.3 is 0 Å².